The zero-order valence-corrected chi connectivity index (χ0v) is 17.5. The highest BCUT2D eigenvalue weighted by atomic mass is 16.3. The molecule has 0 radical (unpaired) electrons. The molecule has 1 fully saturated rings. The monoisotopic (exact) mass is 425 g/mol. The zero-order valence-electron chi connectivity index (χ0n) is 17.5. The third kappa shape index (κ3) is 3.65. The number of carbonyl (C=O) groups is 2. The minimum absolute atomic E-state index is 0.0607. The van der Waals surface area contributed by atoms with Crippen LogP contribution < -0.4 is 16.6 Å². The largest absolute Gasteiger partial charge is 0.459 e. The molecular weight excluding hydrogens is 402 g/mol. The number of hydrogen-bond acceptors (Lipinski definition) is 6. The average molecular weight is 425 g/mol. The topological polar surface area (TPSA) is 119 Å². The third-order valence-corrected chi connectivity index (χ3v) is 5.71. The summed E-state index contributed by atoms with van der Waals surface area (Å²) < 4.78 is 7.49. The van der Waals surface area contributed by atoms with Gasteiger partial charge in [0.15, 0.2) is 5.76 Å². The summed E-state index contributed by atoms with van der Waals surface area (Å²) in [5.74, 6) is -0.233. The number of carbonyl (C=O) groups excluding carboxylic acids is 2. The second-order valence-corrected chi connectivity index (χ2v) is 7.75. The van der Waals surface area contributed by atoms with Crippen molar-refractivity contribution in [3.63, 3.8) is 0 Å². The van der Waals surface area contributed by atoms with Gasteiger partial charge in [0.2, 0.25) is 0 Å². The Kier molecular flexibility index (Phi) is 5.22. The molecule has 162 valence electrons. The molecule has 3 aromatic heterocycles. The summed E-state index contributed by atoms with van der Waals surface area (Å²) in [5.41, 5.74) is 0.169. The first-order valence-electron chi connectivity index (χ1n) is 9.99. The number of aryl methyl sites for hydroxylation is 2. The lowest BCUT2D eigenvalue weighted by Gasteiger charge is -2.32. The Morgan fingerprint density at radius 1 is 1.10 bits per heavy atom. The summed E-state index contributed by atoms with van der Waals surface area (Å²) in [6.07, 6.45) is 2.68. The van der Waals surface area contributed by atoms with Crippen molar-refractivity contribution < 1.29 is 14.0 Å². The van der Waals surface area contributed by atoms with E-state index in [4.69, 9.17) is 4.42 Å². The molecule has 0 aliphatic carbocycles. The van der Waals surface area contributed by atoms with E-state index in [-0.39, 0.29) is 34.6 Å². The molecule has 1 aliphatic rings. The molecular formula is C21H23N5O5. The molecule has 0 bridgehead atoms. The quantitative estimate of drug-likeness (QED) is 0.655. The summed E-state index contributed by atoms with van der Waals surface area (Å²) >= 11 is 0. The molecule has 1 aliphatic heterocycles. The Hall–Kier alpha value is -3.69. The number of furan rings is 1. The first-order valence-corrected chi connectivity index (χ1v) is 9.99. The van der Waals surface area contributed by atoms with Crippen LogP contribution in [0.3, 0.4) is 0 Å². The molecule has 4 rings (SSSR count). The number of fused-ring (bicyclic) bond motifs is 1. The molecule has 31 heavy (non-hydrogen) atoms. The van der Waals surface area contributed by atoms with Crippen LogP contribution in [0.1, 0.15) is 39.4 Å². The minimum Gasteiger partial charge on any atom is -0.459 e. The maximum Gasteiger partial charge on any atom is 0.332 e. The number of piperidine rings is 1. The highest BCUT2D eigenvalue weighted by Gasteiger charge is 2.27. The number of pyridine rings is 1. The van der Waals surface area contributed by atoms with Gasteiger partial charge in [-0.1, -0.05) is 0 Å². The number of rotatable bonds is 3. The SMILES string of the molecule is Cc1ccoc1C(=O)NC1CCN(C(=O)c2ccc3c(=O)n(C)c(=O)n(C)c3n2)CC1. The Bertz CT molecular complexity index is 1290. The van der Waals surface area contributed by atoms with Crippen molar-refractivity contribution in [1.29, 1.82) is 0 Å². The molecule has 0 spiro atoms. The van der Waals surface area contributed by atoms with Crippen LogP contribution in [0.5, 0.6) is 0 Å². The molecule has 3 aromatic rings. The fourth-order valence-electron chi connectivity index (χ4n) is 3.82. The Balaban J connectivity index is 1.47. The molecule has 10 heteroatoms. The maximum absolute atomic E-state index is 12.9. The van der Waals surface area contributed by atoms with Crippen LogP contribution in [-0.2, 0) is 14.1 Å². The number of nitrogens with zero attached hydrogens (tertiary/aromatic N) is 4. The number of likely N-dealkylation sites (tertiary alicyclic amines) is 1. The first-order chi connectivity index (χ1) is 14.8. The number of aromatic nitrogens is 3. The van der Waals surface area contributed by atoms with Crippen LogP contribution in [0.25, 0.3) is 11.0 Å². The summed E-state index contributed by atoms with van der Waals surface area (Å²) in [5, 5.41) is 3.22. The normalized spacial score (nSPS) is 14.7. The summed E-state index contributed by atoms with van der Waals surface area (Å²) in [7, 11) is 2.92. The molecule has 0 unspecified atom stereocenters. The van der Waals surface area contributed by atoms with E-state index < -0.39 is 11.2 Å². The van der Waals surface area contributed by atoms with E-state index in [0.717, 1.165) is 10.1 Å². The number of amides is 2. The summed E-state index contributed by atoms with van der Waals surface area (Å²) in [4.78, 5) is 55.7. The standard InChI is InChI=1S/C21H23N5O5/c1-12-8-11-31-16(12)18(27)22-13-6-9-26(10-7-13)20(29)15-5-4-14-17(23-15)24(2)21(30)25(3)19(14)28/h4-5,8,11,13H,6-7,9-10H2,1-3H3,(H,22,27). The van der Waals surface area contributed by atoms with Gasteiger partial charge in [0.1, 0.15) is 11.3 Å². The predicted molar refractivity (Wildman–Crippen MR) is 112 cm³/mol. The van der Waals surface area contributed by atoms with Crippen LogP contribution in [0.4, 0.5) is 0 Å². The van der Waals surface area contributed by atoms with Gasteiger partial charge >= 0.3 is 5.69 Å². The van der Waals surface area contributed by atoms with E-state index in [2.05, 4.69) is 10.3 Å². The highest BCUT2D eigenvalue weighted by Crippen LogP contribution is 2.16. The predicted octanol–water partition coefficient (Wildman–Crippen LogP) is 0.568. The molecule has 1 N–H and O–H groups in total. The Morgan fingerprint density at radius 3 is 2.45 bits per heavy atom. The van der Waals surface area contributed by atoms with Gasteiger partial charge in [0, 0.05) is 38.8 Å². The lowest BCUT2D eigenvalue weighted by molar-refractivity contribution is 0.0690. The van der Waals surface area contributed by atoms with Gasteiger partial charge in [-0.2, -0.15) is 0 Å². The summed E-state index contributed by atoms with van der Waals surface area (Å²) in [6.45, 7) is 2.72. The minimum atomic E-state index is -0.502. The lowest BCUT2D eigenvalue weighted by Crippen LogP contribution is -2.46. The van der Waals surface area contributed by atoms with E-state index in [9.17, 15) is 19.2 Å². The fourth-order valence-corrected chi connectivity index (χ4v) is 3.82. The van der Waals surface area contributed by atoms with Crippen molar-refractivity contribution in [2.24, 2.45) is 14.1 Å². The van der Waals surface area contributed by atoms with Gasteiger partial charge in [0.05, 0.1) is 11.6 Å². The van der Waals surface area contributed by atoms with Gasteiger partial charge in [-0.05, 0) is 38.0 Å². The molecule has 0 atom stereocenters. The molecule has 10 nitrogen and oxygen atoms in total. The smallest absolute Gasteiger partial charge is 0.332 e. The lowest BCUT2D eigenvalue weighted by atomic mass is 10.0. The second kappa shape index (κ2) is 7.86. The average Bonchev–Trinajstić information content (AvgIpc) is 3.22. The van der Waals surface area contributed by atoms with Crippen molar-refractivity contribution in [3.05, 3.63) is 62.3 Å². The maximum atomic E-state index is 12.9. The Morgan fingerprint density at radius 2 is 1.81 bits per heavy atom. The molecule has 2 amide bonds. The van der Waals surface area contributed by atoms with Crippen molar-refractivity contribution in [3.8, 4) is 0 Å². The first kappa shape index (κ1) is 20.6. The van der Waals surface area contributed by atoms with Crippen LogP contribution in [0.15, 0.2) is 38.5 Å². The Labute approximate surface area is 177 Å². The van der Waals surface area contributed by atoms with Crippen LogP contribution in [0.2, 0.25) is 0 Å². The van der Waals surface area contributed by atoms with Gasteiger partial charge in [-0.15, -0.1) is 0 Å². The fraction of sp³-hybridized carbons (Fsp3) is 0.381. The third-order valence-electron chi connectivity index (χ3n) is 5.71. The van der Waals surface area contributed by atoms with Crippen LogP contribution >= 0.6 is 0 Å². The van der Waals surface area contributed by atoms with Crippen molar-refractivity contribution in [2.75, 3.05) is 13.1 Å². The van der Waals surface area contributed by atoms with Crippen molar-refractivity contribution in [2.45, 2.75) is 25.8 Å². The number of hydrogen-bond donors (Lipinski definition) is 1. The van der Waals surface area contributed by atoms with E-state index in [1.165, 1.54) is 37.1 Å². The molecule has 0 aromatic carbocycles. The molecule has 0 saturated carbocycles. The van der Waals surface area contributed by atoms with E-state index in [0.29, 0.717) is 31.7 Å². The van der Waals surface area contributed by atoms with Gasteiger partial charge in [-0.3, -0.25) is 23.5 Å². The van der Waals surface area contributed by atoms with Gasteiger partial charge in [0.25, 0.3) is 17.4 Å². The van der Waals surface area contributed by atoms with Crippen molar-refractivity contribution in [1.82, 2.24) is 24.3 Å². The van der Waals surface area contributed by atoms with E-state index >= 15 is 0 Å². The summed E-state index contributed by atoms with van der Waals surface area (Å²) in [6, 6.07) is 4.70. The van der Waals surface area contributed by atoms with E-state index in [1.807, 2.05) is 6.92 Å². The molecule has 4 heterocycles. The highest BCUT2D eigenvalue weighted by molar-refractivity contribution is 5.95. The number of nitrogens with one attached hydrogen (secondary N) is 1. The van der Waals surface area contributed by atoms with E-state index in [1.54, 1.807) is 11.0 Å². The molecule has 1 saturated heterocycles. The van der Waals surface area contributed by atoms with Crippen molar-refractivity contribution >= 4 is 22.8 Å². The zero-order chi connectivity index (χ0) is 22.3. The second-order valence-electron chi connectivity index (χ2n) is 7.75. The van der Waals surface area contributed by atoms with Gasteiger partial charge < -0.3 is 14.6 Å². The van der Waals surface area contributed by atoms with Gasteiger partial charge in [-0.25, -0.2) is 9.78 Å². The van der Waals surface area contributed by atoms with Crippen LogP contribution in [-0.4, -0.2) is 50.0 Å². The van der Waals surface area contributed by atoms with Crippen LogP contribution in [0, 0.1) is 6.92 Å².